The van der Waals surface area contributed by atoms with E-state index in [2.05, 4.69) is 19.2 Å². The lowest BCUT2D eigenvalue weighted by atomic mass is 9.80. The molecule has 0 bridgehead atoms. The Balaban J connectivity index is 2.15. The Morgan fingerprint density at radius 2 is 1.80 bits per heavy atom. The Hall–Kier alpha value is -0.570. The first-order valence-electron chi connectivity index (χ1n) is 6.09. The van der Waals surface area contributed by atoms with Gasteiger partial charge in [0.25, 0.3) is 0 Å². The largest absolute Gasteiger partial charge is 0.370 e. The molecule has 0 aromatic heterocycles. The van der Waals surface area contributed by atoms with E-state index in [1.165, 1.54) is 25.7 Å². The van der Waals surface area contributed by atoms with Crippen LogP contribution in [-0.4, -0.2) is 18.5 Å². The van der Waals surface area contributed by atoms with Crippen molar-refractivity contribution in [1.29, 1.82) is 0 Å². The van der Waals surface area contributed by atoms with Crippen molar-refractivity contribution in [1.82, 2.24) is 5.32 Å². The summed E-state index contributed by atoms with van der Waals surface area (Å²) in [6, 6.07) is 0.577. The van der Waals surface area contributed by atoms with Gasteiger partial charge in [-0.05, 0) is 44.1 Å². The Labute approximate surface area is 92.8 Å². The zero-order valence-electron chi connectivity index (χ0n) is 9.96. The van der Waals surface area contributed by atoms with E-state index in [9.17, 15) is 4.79 Å². The van der Waals surface area contributed by atoms with Gasteiger partial charge in [0.2, 0.25) is 5.91 Å². The number of hydrogen-bond donors (Lipinski definition) is 2. The highest BCUT2D eigenvalue weighted by atomic mass is 16.1. The average molecular weight is 212 g/mol. The monoisotopic (exact) mass is 212 g/mol. The van der Waals surface area contributed by atoms with E-state index in [1.807, 2.05) is 0 Å². The molecule has 1 rings (SSSR count). The van der Waals surface area contributed by atoms with Crippen molar-refractivity contribution in [2.45, 2.75) is 52.0 Å². The Morgan fingerprint density at radius 1 is 1.27 bits per heavy atom. The van der Waals surface area contributed by atoms with Gasteiger partial charge in [0.15, 0.2) is 0 Å². The molecule has 1 fully saturated rings. The molecule has 3 heteroatoms. The molecule has 1 aliphatic carbocycles. The molecule has 0 unspecified atom stereocenters. The maximum atomic E-state index is 10.8. The number of amides is 1. The quantitative estimate of drug-likeness (QED) is 0.728. The molecule has 0 radical (unpaired) electrons. The van der Waals surface area contributed by atoms with Crippen molar-refractivity contribution in [3.8, 4) is 0 Å². The van der Waals surface area contributed by atoms with Gasteiger partial charge in [-0.2, -0.15) is 0 Å². The third kappa shape index (κ3) is 5.17. The normalized spacial score (nSPS) is 26.9. The fourth-order valence-corrected chi connectivity index (χ4v) is 2.33. The smallest absolute Gasteiger partial charge is 0.217 e. The lowest BCUT2D eigenvalue weighted by Crippen LogP contribution is -2.31. The van der Waals surface area contributed by atoms with Crippen LogP contribution in [0.4, 0.5) is 0 Å². The lowest BCUT2D eigenvalue weighted by Gasteiger charge is -2.28. The van der Waals surface area contributed by atoms with Gasteiger partial charge in [-0.1, -0.05) is 13.8 Å². The standard InChI is InChI=1S/C12H24N2O/c1-9(2)14-8-11-5-3-10(4-6-11)7-12(13)15/h9-11,14H,3-8H2,1-2H3,(H2,13,15). The molecule has 0 aromatic carbocycles. The van der Waals surface area contributed by atoms with E-state index in [4.69, 9.17) is 5.73 Å². The minimum absolute atomic E-state index is 0.140. The maximum Gasteiger partial charge on any atom is 0.217 e. The van der Waals surface area contributed by atoms with E-state index >= 15 is 0 Å². The van der Waals surface area contributed by atoms with E-state index in [-0.39, 0.29) is 5.91 Å². The summed E-state index contributed by atoms with van der Waals surface area (Å²) in [5, 5.41) is 3.48. The molecule has 0 aliphatic heterocycles. The molecule has 0 saturated heterocycles. The van der Waals surface area contributed by atoms with Gasteiger partial charge in [-0.25, -0.2) is 0 Å². The summed E-state index contributed by atoms with van der Waals surface area (Å²) in [6.45, 7) is 5.48. The van der Waals surface area contributed by atoms with Crippen LogP contribution in [0.25, 0.3) is 0 Å². The Bertz CT molecular complexity index is 196. The van der Waals surface area contributed by atoms with E-state index in [0.717, 1.165) is 12.5 Å². The van der Waals surface area contributed by atoms with Crippen molar-refractivity contribution in [2.24, 2.45) is 17.6 Å². The minimum Gasteiger partial charge on any atom is -0.370 e. The van der Waals surface area contributed by atoms with Crippen molar-refractivity contribution >= 4 is 5.91 Å². The Morgan fingerprint density at radius 3 is 2.27 bits per heavy atom. The molecule has 0 atom stereocenters. The van der Waals surface area contributed by atoms with Gasteiger partial charge in [-0.3, -0.25) is 4.79 Å². The van der Waals surface area contributed by atoms with Gasteiger partial charge < -0.3 is 11.1 Å². The topological polar surface area (TPSA) is 55.1 Å². The molecule has 15 heavy (non-hydrogen) atoms. The second-order valence-corrected chi connectivity index (χ2v) is 5.12. The number of carbonyl (C=O) groups excluding carboxylic acids is 1. The molecular formula is C12H24N2O. The summed E-state index contributed by atoms with van der Waals surface area (Å²) in [7, 11) is 0. The van der Waals surface area contributed by atoms with Gasteiger partial charge in [0, 0.05) is 12.5 Å². The first-order chi connectivity index (χ1) is 7.08. The highest BCUT2D eigenvalue weighted by Crippen LogP contribution is 2.30. The second-order valence-electron chi connectivity index (χ2n) is 5.12. The Kier molecular flexibility index (Phi) is 5.09. The van der Waals surface area contributed by atoms with Crippen LogP contribution in [0.5, 0.6) is 0 Å². The summed E-state index contributed by atoms with van der Waals surface area (Å²) in [6.07, 6.45) is 5.43. The highest BCUT2D eigenvalue weighted by molar-refractivity contribution is 5.73. The van der Waals surface area contributed by atoms with Crippen molar-refractivity contribution in [3.63, 3.8) is 0 Å². The van der Waals surface area contributed by atoms with Gasteiger partial charge in [0.05, 0.1) is 0 Å². The zero-order valence-corrected chi connectivity index (χ0v) is 9.96. The first kappa shape index (κ1) is 12.5. The summed E-state index contributed by atoms with van der Waals surface area (Å²) in [4.78, 5) is 10.8. The predicted molar refractivity (Wildman–Crippen MR) is 62.4 cm³/mol. The number of carbonyl (C=O) groups is 1. The van der Waals surface area contributed by atoms with Crippen molar-refractivity contribution in [2.75, 3.05) is 6.54 Å². The molecule has 3 nitrogen and oxygen atoms in total. The SMILES string of the molecule is CC(C)NCC1CCC(CC(N)=O)CC1. The molecule has 88 valence electrons. The van der Waals surface area contributed by atoms with Crippen LogP contribution in [-0.2, 0) is 4.79 Å². The minimum atomic E-state index is -0.140. The first-order valence-corrected chi connectivity index (χ1v) is 6.09. The van der Waals surface area contributed by atoms with Crippen LogP contribution in [0.15, 0.2) is 0 Å². The predicted octanol–water partition coefficient (Wildman–Crippen LogP) is 1.67. The summed E-state index contributed by atoms with van der Waals surface area (Å²) in [5.74, 6) is 1.22. The van der Waals surface area contributed by atoms with E-state index in [0.29, 0.717) is 18.4 Å². The molecule has 0 heterocycles. The van der Waals surface area contributed by atoms with Gasteiger partial charge in [0.1, 0.15) is 0 Å². The molecule has 0 spiro atoms. The number of rotatable bonds is 5. The van der Waals surface area contributed by atoms with Gasteiger partial charge >= 0.3 is 0 Å². The molecule has 1 saturated carbocycles. The highest BCUT2D eigenvalue weighted by Gasteiger charge is 2.22. The van der Waals surface area contributed by atoms with Crippen LogP contribution in [0, 0.1) is 11.8 Å². The summed E-state index contributed by atoms with van der Waals surface area (Å²) >= 11 is 0. The third-order valence-electron chi connectivity index (χ3n) is 3.27. The summed E-state index contributed by atoms with van der Waals surface area (Å²) < 4.78 is 0. The van der Waals surface area contributed by atoms with Crippen LogP contribution in [0.1, 0.15) is 46.0 Å². The third-order valence-corrected chi connectivity index (χ3v) is 3.27. The zero-order chi connectivity index (χ0) is 11.3. The number of primary amides is 1. The maximum absolute atomic E-state index is 10.8. The van der Waals surface area contributed by atoms with Crippen LogP contribution >= 0.6 is 0 Å². The van der Waals surface area contributed by atoms with Crippen LogP contribution in [0.2, 0.25) is 0 Å². The van der Waals surface area contributed by atoms with Crippen LogP contribution < -0.4 is 11.1 Å². The van der Waals surface area contributed by atoms with Gasteiger partial charge in [-0.15, -0.1) is 0 Å². The van der Waals surface area contributed by atoms with E-state index < -0.39 is 0 Å². The second kappa shape index (κ2) is 6.11. The number of nitrogens with one attached hydrogen (secondary N) is 1. The number of nitrogens with two attached hydrogens (primary N) is 1. The average Bonchev–Trinajstić information content (AvgIpc) is 2.16. The van der Waals surface area contributed by atoms with Crippen LogP contribution in [0.3, 0.4) is 0 Å². The summed E-state index contributed by atoms with van der Waals surface area (Å²) in [5.41, 5.74) is 5.21. The molecule has 3 N–H and O–H groups in total. The van der Waals surface area contributed by atoms with Crippen molar-refractivity contribution < 1.29 is 4.79 Å². The number of hydrogen-bond acceptors (Lipinski definition) is 2. The van der Waals surface area contributed by atoms with E-state index in [1.54, 1.807) is 0 Å². The molecule has 1 aliphatic rings. The molecule has 1 amide bonds. The molecular weight excluding hydrogens is 188 g/mol. The molecule has 0 aromatic rings. The van der Waals surface area contributed by atoms with Crippen molar-refractivity contribution in [3.05, 3.63) is 0 Å². The fourth-order valence-electron chi connectivity index (χ4n) is 2.33. The fraction of sp³-hybridized carbons (Fsp3) is 0.917. The lowest BCUT2D eigenvalue weighted by molar-refractivity contribution is -0.119.